The van der Waals surface area contributed by atoms with Crippen LogP contribution in [-0.4, -0.2) is 47.8 Å². The van der Waals surface area contributed by atoms with Crippen molar-refractivity contribution in [3.05, 3.63) is 0 Å². The van der Waals surface area contributed by atoms with Crippen molar-refractivity contribution in [3.63, 3.8) is 0 Å². The molecule has 2 aliphatic heterocycles. The van der Waals surface area contributed by atoms with Crippen LogP contribution in [0, 0.1) is 17.3 Å². The number of carbonyl (C=O) groups is 2. The van der Waals surface area contributed by atoms with Gasteiger partial charge in [-0.3, -0.25) is 9.59 Å². The Balaban J connectivity index is 1.55. The number of hydrogen-bond acceptors (Lipinski definition) is 2. The third-order valence-corrected chi connectivity index (χ3v) is 6.07. The van der Waals surface area contributed by atoms with Crippen LogP contribution in [-0.2, 0) is 9.59 Å². The van der Waals surface area contributed by atoms with Gasteiger partial charge in [-0.2, -0.15) is 0 Å². The van der Waals surface area contributed by atoms with Gasteiger partial charge in [0.25, 0.3) is 0 Å². The summed E-state index contributed by atoms with van der Waals surface area (Å²) in [6.45, 7) is 8.09. The lowest BCUT2D eigenvalue weighted by Gasteiger charge is -2.52. The molecule has 3 fully saturated rings. The van der Waals surface area contributed by atoms with Crippen LogP contribution in [0.15, 0.2) is 0 Å². The first kappa shape index (κ1) is 14.9. The maximum atomic E-state index is 12.6. The van der Waals surface area contributed by atoms with Crippen molar-refractivity contribution in [2.45, 2.75) is 52.4 Å². The molecule has 3 rings (SSSR count). The summed E-state index contributed by atoms with van der Waals surface area (Å²) in [6, 6.07) is 0. The first-order chi connectivity index (χ1) is 10.00. The quantitative estimate of drug-likeness (QED) is 0.801. The summed E-state index contributed by atoms with van der Waals surface area (Å²) in [4.78, 5) is 28.9. The Morgan fingerprint density at radius 3 is 2.00 bits per heavy atom. The van der Waals surface area contributed by atoms with Crippen LogP contribution < -0.4 is 0 Å². The molecule has 0 N–H and O–H groups in total. The minimum atomic E-state index is -0.0188. The molecule has 2 amide bonds. The molecule has 0 bridgehead atoms. The van der Waals surface area contributed by atoms with Gasteiger partial charge in [0.05, 0.1) is 0 Å². The molecule has 0 aromatic heterocycles. The second-order valence-corrected chi connectivity index (χ2v) is 7.63. The monoisotopic (exact) mass is 292 g/mol. The SMILES string of the molecule is CC1(C)C(CC(=O)N2CCCC2)CC1C(=O)N1CCCC1. The van der Waals surface area contributed by atoms with Crippen LogP contribution in [0.1, 0.15) is 52.4 Å². The van der Waals surface area contributed by atoms with Gasteiger partial charge in [-0.15, -0.1) is 0 Å². The molecule has 118 valence electrons. The van der Waals surface area contributed by atoms with Gasteiger partial charge in [0.1, 0.15) is 0 Å². The Hall–Kier alpha value is -1.06. The van der Waals surface area contributed by atoms with Crippen molar-refractivity contribution in [1.82, 2.24) is 9.80 Å². The lowest BCUT2D eigenvalue weighted by Crippen LogP contribution is -2.54. The number of carbonyl (C=O) groups excluding carboxylic acids is 2. The van der Waals surface area contributed by atoms with Crippen molar-refractivity contribution in [3.8, 4) is 0 Å². The van der Waals surface area contributed by atoms with Crippen molar-refractivity contribution in [2.75, 3.05) is 26.2 Å². The molecular weight excluding hydrogens is 264 g/mol. The molecule has 4 nitrogen and oxygen atoms in total. The summed E-state index contributed by atoms with van der Waals surface area (Å²) in [7, 11) is 0. The Kier molecular flexibility index (Phi) is 3.98. The van der Waals surface area contributed by atoms with E-state index in [1.54, 1.807) is 0 Å². The second kappa shape index (κ2) is 5.62. The van der Waals surface area contributed by atoms with E-state index in [9.17, 15) is 9.59 Å². The van der Waals surface area contributed by atoms with Crippen LogP contribution in [0.4, 0.5) is 0 Å². The third-order valence-electron chi connectivity index (χ3n) is 6.07. The zero-order valence-corrected chi connectivity index (χ0v) is 13.4. The van der Waals surface area contributed by atoms with Gasteiger partial charge in [0.15, 0.2) is 0 Å². The first-order valence-corrected chi connectivity index (χ1v) is 8.56. The predicted molar refractivity (Wildman–Crippen MR) is 81.6 cm³/mol. The zero-order valence-electron chi connectivity index (χ0n) is 13.4. The number of amides is 2. The molecule has 0 aromatic rings. The second-order valence-electron chi connectivity index (χ2n) is 7.63. The van der Waals surface area contributed by atoms with Gasteiger partial charge in [0.2, 0.25) is 11.8 Å². The van der Waals surface area contributed by atoms with Gasteiger partial charge >= 0.3 is 0 Å². The lowest BCUT2D eigenvalue weighted by molar-refractivity contribution is -0.155. The summed E-state index contributed by atoms with van der Waals surface area (Å²) >= 11 is 0. The summed E-state index contributed by atoms with van der Waals surface area (Å²) in [5.74, 6) is 1.15. The average molecular weight is 292 g/mol. The van der Waals surface area contributed by atoms with Crippen LogP contribution >= 0.6 is 0 Å². The largest absolute Gasteiger partial charge is 0.343 e. The molecule has 2 heterocycles. The van der Waals surface area contributed by atoms with E-state index in [1.165, 1.54) is 0 Å². The standard InChI is InChI=1S/C17H28N2O2/c1-17(2)13(12-15(20)18-7-3-4-8-18)11-14(17)16(21)19-9-5-6-10-19/h13-14H,3-12H2,1-2H3. The maximum Gasteiger partial charge on any atom is 0.226 e. The highest BCUT2D eigenvalue weighted by Crippen LogP contribution is 2.53. The fourth-order valence-corrected chi connectivity index (χ4v) is 4.25. The molecule has 2 saturated heterocycles. The molecular formula is C17H28N2O2. The van der Waals surface area contributed by atoms with E-state index in [0.29, 0.717) is 24.2 Å². The Labute approximate surface area is 127 Å². The third kappa shape index (κ3) is 2.69. The molecule has 3 aliphatic rings. The molecule has 0 spiro atoms. The fourth-order valence-electron chi connectivity index (χ4n) is 4.25. The Morgan fingerprint density at radius 2 is 1.48 bits per heavy atom. The summed E-state index contributed by atoms with van der Waals surface area (Å²) in [6.07, 6.45) is 6.13. The fraction of sp³-hybridized carbons (Fsp3) is 0.882. The molecule has 21 heavy (non-hydrogen) atoms. The first-order valence-electron chi connectivity index (χ1n) is 8.56. The van der Waals surface area contributed by atoms with Gasteiger partial charge < -0.3 is 9.80 Å². The zero-order chi connectivity index (χ0) is 15.0. The normalized spacial score (nSPS) is 31.3. The predicted octanol–water partition coefficient (Wildman–Crippen LogP) is 2.28. The highest BCUT2D eigenvalue weighted by atomic mass is 16.2. The van der Waals surface area contributed by atoms with Crippen molar-refractivity contribution >= 4 is 11.8 Å². The molecule has 0 radical (unpaired) electrons. The van der Waals surface area contributed by atoms with E-state index in [1.807, 2.05) is 9.80 Å². The Morgan fingerprint density at radius 1 is 0.952 bits per heavy atom. The van der Waals surface area contributed by atoms with E-state index in [-0.39, 0.29) is 11.3 Å². The highest BCUT2D eigenvalue weighted by Gasteiger charge is 2.53. The molecule has 1 saturated carbocycles. The van der Waals surface area contributed by atoms with Gasteiger partial charge in [0, 0.05) is 38.5 Å². The number of rotatable bonds is 3. The highest BCUT2D eigenvalue weighted by molar-refractivity contribution is 5.82. The van der Waals surface area contributed by atoms with Crippen LogP contribution in [0.3, 0.4) is 0 Å². The molecule has 2 atom stereocenters. The number of hydrogen-bond donors (Lipinski definition) is 0. The summed E-state index contributed by atoms with van der Waals surface area (Å²) < 4.78 is 0. The topological polar surface area (TPSA) is 40.6 Å². The van der Waals surface area contributed by atoms with Crippen LogP contribution in [0.25, 0.3) is 0 Å². The Bertz CT molecular complexity index is 421. The van der Waals surface area contributed by atoms with E-state index >= 15 is 0 Å². The van der Waals surface area contributed by atoms with Gasteiger partial charge in [-0.25, -0.2) is 0 Å². The van der Waals surface area contributed by atoms with Crippen molar-refractivity contribution < 1.29 is 9.59 Å². The van der Waals surface area contributed by atoms with Crippen LogP contribution in [0.2, 0.25) is 0 Å². The smallest absolute Gasteiger partial charge is 0.226 e. The molecule has 4 heteroatoms. The maximum absolute atomic E-state index is 12.6. The molecule has 0 aromatic carbocycles. The number of likely N-dealkylation sites (tertiary alicyclic amines) is 2. The minimum absolute atomic E-state index is 0.0188. The van der Waals surface area contributed by atoms with Crippen LogP contribution in [0.5, 0.6) is 0 Å². The lowest BCUT2D eigenvalue weighted by atomic mass is 9.53. The molecule has 1 aliphatic carbocycles. The average Bonchev–Trinajstić information content (AvgIpc) is 3.14. The van der Waals surface area contributed by atoms with Gasteiger partial charge in [-0.05, 0) is 43.4 Å². The van der Waals surface area contributed by atoms with Gasteiger partial charge in [-0.1, -0.05) is 13.8 Å². The minimum Gasteiger partial charge on any atom is -0.343 e. The number of nitrogens with zero attached hydrogens (tertiary/aromatic N) is 2. The van der Waals surface area contributed by atoms with E-state index in [2.05, 4.69) is 13.8 Å². The van der Waals surface area contributed by atoms with E-state index in [0.717, 1.165) is 58.3 Å². The summed E-state index contributed by atoms with van der Waals surface area (Å²) in [5.41, 5.74) is -0.0188. The molecule has 2 unspecified atom stereocenters. The van der Waals surface area contributed by atoms with Crippen molar-refractivity contribution in [1.29, 1.82) is 0 Å². The van der Waals surface area contributed by atoms with E-state index < -0.39 is 0 Å². The summed E-state index contributed by atoms with van der Waals surface area (Å²) in [5, 5.41) is 0. The van der Waals surface area contributed by atoms with Crippen molar-refractivity contribution in [2.24, 2.45) is 17.3 Å². The van der Waals surface area contributed by atoms with E-state index in [4.69, 9.17) is 0 Å².